The lowest BCUT2D eigenvalue weighted by Crippen LogP contribution is -2.23. The standard InChI is InChI=1S/C23H23N7O2/c1-14-7-6-8-21(30-23(31)28(5)26-27-30)20(14)13-32-22-10-9-18(11-15(22)2)29-17(4)19(12-24)16(3)25-29/h6-11H,13H2,1-5H3. The number of benzene rings is 2. The Morgan fingerprint density at radius 2 is 1.81 bits per heavy atom. The van der Waals surface area contributed by atoms with Crippen LogP contribution in [0.5, 0.6) is 5.75 Å². The number of ether oxygens (including phenoxy) is 1. The van der Waals surface area contributed by atoms with Crippen molar-refractivity contribution < 1.29 is 4.74 Å². The molecule has 0 N–H and O–H groups in total. The monoisotopic (exact) mass is 429 g/mol. The average Bonchev–Trinajstić information content (AvgIpc) is 3.25. The number of tetrazole rings is 1. The van der Waals surface area contributed by atoms with Crippen LogP contribution in [0.25, 0.3) is 11.4 Å². The van der Waals surface area contributed by atoms with Gasteiger partial charge in [-0.3, -0.25) is 0 Å². The molecule has 4 aromatic rings. The maximum Gasteiger partial charge on any atom is 0.368 e. The summed E-state index contributed by atoms with van der Waals surface area (Å²) in [6.45, 7) is 7.90. The molecule has 162 valence electrons. The lowest BCUT2D eigenvalue weighted by Gasteiger charge is -2.15. The summed E-state index contributed by atoms with van der Waals surface area (Å²) in [6, 6.07) is 13.6. The van der Waals surface area contributed by atoms with E-state index in [9.17, 15) is 10.1 Å². The van der Waals surface area contributed by atoms with Crippen LogP contribution in [0.4, 0.5) is 0 Å². The topological polar surface area (TPSA) is 104 Å². The van der Waals surface area contributed by atoms with Gasteiger partial charge in [0.05, 0.1) is 28.3 Å². The molecule has 0 aliphatic carbocycles. The Morgan fingerprint density at radius 3 is 2.44 bits per heavy atom. The Labute approximate surface area is 185 Å². The third-order valence-corrected chi connectivity index (χ3v) is 5.51. The summed E-state index contributed by atoms with van der Waals surface area (Å²) in [5.74, 6) is 0.719. The zero-order chi connectivity index (χ0) is 23.0. The van der Waals surface area contributed by atoms with Gasteiger partial charge in [-0.1, -0.05) is 12.1 Å². The van der Waals surface area contributed by atoms with Crippen molar-refractivity contribution in [2.45, 2.75) is 34.3 Å². The molecule has 0 saturated heterocycles. The van der Waals surface area contributed by atoms with E-state index >= 15 is 0 Å². The second-order valence-electron chi connectivity index (χ2n) is 7.68. The molecule has 0 spiro atoms. The van der Waals surface area contributed by atoms with Gasteiger partial charge in [-0.2, -0.15) is 19.7 Å². The number of aromatic nitrogens is 6. The van der Waals surface area contributed by atoms with E-state index in [-0.39, 0.29) is 12.3 Å². The van der Waals surface area contributed by atoms with Crippen LogP contribution >= 0.6 is 0 Å². The first-order valence-electron chi connectivity index (χ1n) is 10.1. The zero-order valence-corrected chi connectivity index (χ0v) is 18.6. The quantitative estimate of drug-likeness (QED) is 0.483. The number of rotatable bonds is 5. The molecule has 0 unspecified atom stereocenters. The molecule has 0 aliphatic heterocycles. The molecule has 0 atom stereocenters. The highest BCUT2D eigenvalue weighted by molar-refractivity contribution is 5.48. The van der Waals surface area contributed by atoms with Crippen LogP contribution in [0.3, 0.4) is 0 Å². The molecule has 0 aliphatic rings. The third kappa shape index (κ3) is 3.56. The smallest absolute Gasteiger partial charge is 0.368 e. The molecule has 4 rings (SSSR count). The molecule has 0 saturated carbocycles. The van der Waals surface area contributed by atoms with E-state index < -0.39 is 0 Å². The minimum absolute atomic E-state index is 0.268. The van der Waals surface area contributed by atoms with Gasteiger partial charge in [-0.15, -0.1) is 0 Å². The van der Waals surface area contributed by atoms with E-state index in [0.717, 1.165) is 33.8 Å². The molecule has 32 heavy (non-hydrogen) atoms. The van der Waals surface area contributed by atoms with Crippen molar-refractivity contribution in [3.05, 3.63) is 80.5 Å². The fraction of sp³-hybridized carbons (Fsp3) is 0.261. The van der Waals surface area contributed by atoms with Gasteiger partial charge in [0.1, 0.15) is 18.4 Å². The molecule has 2 heterocycles. The minimum Gasteiger partial charge on any atom is -0.489 e. The van der Waals surface area contributed by atoms with Gasteiger partial charge in [0.25, 0.3) is 0 Å². The van der Waals surface area contributed by atoms with E-state index in [1.807, 2.05) is 64.1 Å². The van der Waals surface area contributed by atoms with Crippen molar-refractivity contribution >= 4 is 0 Å². The van der Waals surface area contributed by atoms with Crippen LogP contribution in [0.2, 0.25) is 0 Å². The number of aryl methyl sites for hydroxylation is 4. The first-order chi connectivity index (χ1) is 15.3. The van der Waals surface area contributed by atoms with Gasteiger partial charge in [0.15, 0.2) is 0 Å². The third-order valence-electron chi connectivity index (χ3n) is 5.51. The van der Waals surface area contributed by atoms with Gasteiger partial charge < -0.3 is 4.74 Å². The van der Waals surface area contributed by atoms with E-state index in [1.165, 1.54) is 9.36 Å². The molecule has 0 amide bonds. The summed E-state index contributed by atoms with van der Waals surface area (Å²) >= 11 is 0. The zero-order valence-electron chi connectivity index (χ0n) is 18.6. The van der Waals surface area contributed by atoms with Crippen LogP contribution in [0.1, 0.15) is 33.6 Å². The van der Waals surface area contributed by atoms with Crippen molar-refractivity contribution in [2.24, 2.45) is 7.05 Å². The largest absolute Gasteiger partial charge is 0.489 e. The first-order valence-corrected chi connectivity index (χ1v) is 10.1. The van der Waals surface area contributed by atoms with E-state index in [0.29, 0.717) is 16.9 Å². The first kappa shape index (κ1) is 21.1. The van der Waals surface area contributed by atoms with Gasteiger partial charge in [-0.05, 0) is 73.5 Å². The fourth-order valence-electron chi connectivity index (χ4n) is 3.67. The molecular formula is C23H23N7O2. The Balaban J connectivity index is 1.63. The number of hydrogen-bond acceptors (Lipinski definition) is 6. The Kier molecular flexibility index (Phi) is 5.36. The Hall–Kier alpha value is -4.19. The van der Waals surface area contributed by atoms with Crippen LogP contribution < -0.4 is 10.4 Å². The highest BCUT2D eigenvalue weighted by atomic mass is 16.5. The number of hydrogen-bond donors (Lipinski definition) is 0. The Morgan fingerprint density at radius 1 is 1.03 bits per heavy atom. The number of nitrogens with zero attached hydrogens (tertiary/aromatic N) is 7. The summed E-state index contributed by atoms with van der Waals surface area (Å²) in [5.41, 5.74) is 6.06. The lowest BCUT2D eigenvalue weighted by molar-refractivity contribution is 0.302. The minimum atomic E-state index is -0.320. The van der Waals surface area contributed by atoms with Crippen molar-refractivity contribution in [3.63, 3.8) is 0 Å². The maximum absolute atomic E-state index is 12.3. The summed E-state index contributed by atoms with van der Waals surface area (Å²) in [7, 11) is 1.56. The SMILES string of the molecule is Cc1cc(-n2nc(C)c(C#N)c2C)ccc1OCc1c(C)cccc1-n1nnn(C)c1=O. The molecule has 0 bridgehead atoms. The summed E-state index contributed by atoms with van der Waals surface area (Å²) in [4.78, 5) is 12.3. The molecule has 9 heteroatoms. The van der Waals surface area contributed by atoms with Gasteiger partial charge >= 0.3 is 5.69 Å². The van der Waals surface area contributed by atoms with Crippen LogP contribution in [0, 0.1) is 39.0 Å². The highest BCUT2D eigenvalue weighted by Crippen LogP contribution is 2.26. The number of nitriles is 1. The molecule has 0 fully saturated rings. The second kappa shape index (κ2) is 8.15. The molecule has 2 aromatic heterocycles. The van der Waals surface area contributed by atoms with Crippen LogP contribution in [-0.2, 0) is 13.7 Å². The van der Waals surface area contributed by atoms with E-state index in [1.54, 1.807) is 11.7 Å². The summed E-state index contributed by atoms with van der Waals surface area (Å²) < 4.78 is 10.4. The molecule has 0 radical (unpaired) electrons. The molecular weight excluding hydrogens is 406 g/mol. The predicted molar refractivity (Wildman–Crippen MR) is 118 cm³/mol. The van der Waals surface area contributed by atoms with Gasteiger partial charge in [0.2, 0.25) is 0 Å². The van der Waals surface area contributed by atoms with E-state index in [4.69, 9.17) is 4.74 Å². The highest BCUT2D eigenvalue weighted by Gasteiger charge is 2.15. The van der Waals surface area contributed by atoms with E-state index in [2.05, 4.69) is 21.6 Å². The molecule has 9 nitrogen and oxygen atoms in total. The maximum atomic E-state index is 12.3. The summed E-state index contributed by atoms with van der Waals surface area (Å²) in [6.07, 6.45) is 0. The van der Waals surface area contributed by atoms with Crippen LogP contribution in [0.15, 0.2) is 41.2 Å². The normalized spacial score (nSPS) is 10.9. The second-order valence-corrected chi connectivity index (χ2v) is 7.68. The van der Waals surface area contributed by atoms with Crippen molar-refractivity contribution in [1.82, 2.24) is 29.6 Å². The van der Waals surface area contributed by atoms with Gasteiger partial charge in [-0.25, -0.2) is 9.48 Å². The average molecular weight is 429 g/mol. The summed E-state index contributed by atoms with van der Waals surface area (Å²) in [5, 5.41) is 21.6. The predicted octanol–water partition coefficient (Wildman–Crippen LogP) is 2.84. The molecule has 2 aromatic carbocycles. The fourth-order valence-corrected chi connectivity index (χ4v) is 3.67. The van der Waals surface area contributed by atoms with Gasteiger partial charge in [0, 0.05) is 12.6 Å². The van der Waals surface area contributed by atoms with Crippen molar-refractivity contribution in [1.29, 1.82) is 5.26 Å². The van der Waals surface area contributed by atoms with Crippen LogP contribution in [-0.4, -0.2) is 29.6 Å². The lowest BCUT2D eigenvalue weighted by atomic mass is 10.1. The van der Waals surface area contributed by atoms with Crippen molar-refractivity contribution in [2.75, 3.05) is 0 Å². The Bertz CT molecular complexity index is 1420. The van der Waals surface area contributed by atoms with Crippen molar-refractivity contribution in [3.8, 4) is 23.2 Å².